The molecule has 0 amide bonds. The first kappa shape index (κ1) is 16.3. The van der Waals surface area contributed by atoms with E-state index >= 15 is 0 Å². The van der Waals surface area contributed by atoms with Crippen molar-refractivity contribution in [1.82, 2.24) is 0 Å². The molecule has 3 N–H and O–H groups in total. The molecule has 0 spiro atoms. The van der Waals surface area contributed by atoms with Crippen LogP contribution in [0, 0.1) is 0 Å². The van der Waals surface area contributed by atoms with Crippen molar-refractivity contribution in [2.24, 2.45) is 0 Å². The van der Waals surface area contributed by atoms with Gasteiger partial charge >= 0.3 is 5.97 Å². The molecule has 0 saturated heterocycles. The molecule has 0 aliphatic heterocycles. The van der Waals surface area contributed by atoms with Gasteiger partial charge in [-0.15, -0.1) is 0 Å². The zero-order valence-corrected chi connectivity index (χ0v) is 12.9. The second-order valence-corrected chi connectivity index (χ2v) is 7.80. The molecule has 0 radical (unpaired) electrons. The van der Waals surface area contributed by atoms with Crippen LogP contribution >= 0.6 is 0 Å². The standard InChI is InChI=1S/C13H20N2O4S/c1-13(2,20(4,17)18)8-15-11-9(12(16)19-3)6-5-7-10(11)14/h5-7,15H,8,14H2,1-4H3. The minimum atomic E-state index is -3.24. The molecule has 0 aliphatic rings. The minimum Gasteiger partial charge on any atom is -0.465 e. The lowest BCUT2D eigenvalue weighted by atomic mass is 10.1. The summed E-state index contributed by atoms with van der Waals surface area (Å²) < 4.78 is 27.0. The van der Waals surface area contributed by atoms with Crippen LogP contribution in [0.15, 0.2) is 18.2 Å². The Morgan fingerprint density at radius 1 is 1.40 bits per heavy atom. The molecule has 0 bridgehead atoms. The lowest BCUT2D eigenvalue weighted by molar-refractivity contribution is 0.0602. The maximum Gasteiger partial charge on any atom is 0.340 e. The number of rotatable bonds is 5. The summed E-state index contributed by atoms with van der Waals surface area (Å²) in [5, 5.41) is 2.94. The van der Waals surface area contributed by atoms with Crippen LogP contribution in [0.2, 0.25) is 0 Å². The number of methoxy groups -OCH3 is 1. The first-order valence-corrected chi connectivity index (χ1v) is 7.89. The second-order valence-electron chi connectivity index (χ2n) is 5.15. The topological polar surface area (TPSA) is 98.5 Å². The van der Waals surface area contributed by atoms with Gasteiger partial charge in [-0.05, 0) is 26.0 Å². The van der Waals surface area contributed by atoms with E-state index in [4.69, 9.17) is 5.73 Å². The second kappa shape index (κ2) is 5.70. The summed E-state index contributed by atoms with van der Waals surface area (Å²) in [6.45, 7) is 3.34. The average Bonchev–Trinajstić information content (AvgIpc) is 2.34. The molecule has 0 atom stereocenters. The molecular formula is C13H20N2O4S. The molecule has 0 unspecified atom stereocenters. The van der Waals surface area contributed by atoms with E-state index in [2.05, 4.69) is 10.1 Å². The van der Waals surface area contributed by atoms with Gasteiger partial charge in [0.25, 0.3) is 0 Å². The van der Waals surface area contributed by atoms with Gasteiger partial charge in [0.15, 0.2) is 9.84 Å². The monoisotopic (exact) mass is 300 g/mol. The van der Waals surface area contributed by atoms with Crippen molar-refractivity contribution in [1.29, 1.82) is 0 Å². The number of esters is 1. The zero-order chi connectivity index (χ0) is 15.6. The Hall–Kier alpha value is -1.76. The van der Waals surface area contributed by atoms with Crippen LogP contribution in [0.25, 0.3) is 0 Å². The predicted molar refractivity (Wildman–Crippen MR) is 79.6 cm³/mol. The minimum absolute atomic E-state index is 0.129. The molecule has 0 saturated carbocycles. The molecule has 0 fully saturated rings. The van der Waals surface area contributed by atoms with Gasteiger partial charge < -0.3 is 15.8 Å². The predicted octanol–water partition coefficient (Wildman–Crippen LogP) is 1.29. The number of para-hydroxylation sites is 1. The van der Waals surface area contributed by atoms with Crippen LogP contribution in [0.1, 0.15) is 24.2 Å². The largest absolute Gasteiger partial charge is 0.465 e. The van der Waals surface area contributed by atoms with Gasteiger partial charge in [-0.1, -0.05) is 6.07 Å². The van der Waals surface area contributed by atoms with E-state index in [1.54, 1.807) is 32.0 Å². The van der Waals surface area contributed by atoms with Crippen molar-refractivity contribution in [2.45, 2.75) is 18.6 Å². The molecule has 112 valence electrons. The summed E-state index contributed by atoms with van der Waals surface area (Å²) in [5.41, 5.74) is 6.85. The van der Waals surface area contributed by atoms with E-state index < -0.39 is 20.6 Å². The third-order valence-electron chi connectivity index (χ3n) is 3.20. The third-order valence-corrected chi connectivity index (χ3v) is 5.35. The first-order chi connectivity index (χ1) is 9.10. The number of sulfone groups is 1. The number of ether oxygens (including phenoxy) is 1. The quantitative estimate of drug-likeness (QED) is 0.628. The molecule has 1 aromatic carbocycles. The maximum atomic E-state index is 11.7. The van der Waals surface area contributed by atoms with Crippen LogP contribution in [-0.2, 0) is 14.6 Å². The Balaban J connectivity index is 3.08. The van der Waals surface area contributed by atoms with E-state index in [0.29, 0.717) is 11.4 Å². The van der Waals surface area contributed by atoms with Crippen molar-refractivity contribution >= 4 is 27.2 Å². The van der Waals surface area contributed by atoms with E-state index in [1.165, 1.54) is 13.4 Å². The summed E-state index contributed by atoms with van der Waals surface area (Å²) in [6.07, 6.45) is 1.17. The average molecular weight is 300 g/mol. The summed E-state index contributed by atoms with van der Waals surface area (Å²) in [4.78, 5) is 11.7. The highest BCUT2D eigenvalue weighted by molar-refractivity contribution is 7.92. The lowest BCUT2D eigenvalue weighted by Gasteiger charge is -2.24. The summed E-state index contributed by atoms with van der Waals surface area (Å²) in [7, 11) is -1.97. The van der Waals surface area contributed by atoms with E-state index in [9.17, 15) is 13.2 Å². The third kappa shape index (κ3) is 3.41. The molecule has 1 aromatic rings. The Morgan fingerprint density at radius 2 is 2.00 bits per heavy atom. The van der Waals surface area contributed by atoms with Crippen LogP contribution in [0.3, 0.4) is 0 Å². The summed E-state index contributed by atoms with van der Waals surface area (Å²) in [5.74, 6) is -0.531. The Labute approximate surface area is 119 Å². The van der Waals surface area contributed by atoms with Gasteiger partial charge in [-0.3, -0.25) is 0 Å². The highest BCUT2D eigenvalue weighted by atomic mass is 32.2. The highest BCUT2D eigenvalue weighted by Gasteiger charge is 2.30. The Kier molecular flexibility index (Phi) is 4.65. The number of hydrogen-bond donors (Lipinski definition) is 2. The Morgan fingerprint density at radius 3 is 2.50 bits per heavy atom. The van der Waals surface area contributed by atoms with Crippen molar-refractivity contribution in [2.75, 3.05) is 31.0 Å². The number of nitrogens with one attached hydrogen (secondary N) is 1. The van der Waals surface area contributed by atoms with Crippen LogP contribution < -0.4 is 11.1 Å². The zero-order valence-electron chi connectivity index (χ0n) is 12.1. The SMILES string of the molecule is COC(=O)c1cccc(N)c1NCC(C)(C)S(C)(=O)=O. The fourth-order valence-corrected chi connectivity index (χ4v) is 1.81. The summed E-state index contributed by atoms with van der Waals surface area (Å²) in [6, 6.07) is 4.83. The van der Waals surface area contributed by atoms with Gasteiger partial charge in [0.1, 0.15) is 0 Å². The van der Waals surface area contributed by atoms with E-state index in [0.717, 1.165) is 0 Å². The van der Waals surface area contributed by atoms with Crippen molar-refractivity contribution < 1.29 is 17.9 Å². The van der Waals surface area contributed by atoms with Crippen LogP contribution in [-0.4, -0.2) is 39.0 Å². The lowest BCUT2D eigenvalue weighted by Crippen LogP contribution is -2.38. The fraction of sp³-hybridized carbons (Fsp3) is 0.462. The molecular weight excluding hydrogens is 280 g/mol. The molecule has 1 rings (SSSR count). The van der Waals surface area contributed by atoms with Crippen molar-refractivity contribution in [3.63, 3.8) is 0 Å². The number of carbonyl (C=O) groups excluding carboxylic acids is 1. The number of hydrogen-bond acceptors (Lipinski definition) is 6. The van der Waals surface area contributed by atoms with Gasteiger partial charge in [-0.25, -0.2) is 13.2 Å². The molecule has 0 heterocycles. The molecule has 0 aliphatic carbocycles. The van der Waals surface area contributed by atoms with E-state index in [1.807, 2.05) is 0 Å². The van der Waals surface area contributed by atoms with Crippen LogP contribution in [0.4, 0.5) is 11.4 Å². The fourth-order valence-electron chi connectivity index (χ4n) is 1.48. The Bertz CT molecular complexity index is 609. The normalized spacial score (nSPS) is 12.0. The molecule has 6 nitrogen and oxygen atoms in total. The maximum absolute atomic E-state index is 11.7. The van der Waals surface area contributed by atoms with Crippen molar-refractivity contribution in [3.8, 4) is 0 Å². The number of nitrogens with two attached hydrogens (primary N) is 1. The first-order valence-electron chi connectivity index (χ1n) is 6.00. The number of nitrogen functional groups attached to an aromatic ring is 1. The van der Waals surface area contributed by atoms with Gasteiger partial charge in [-0.2, -0.15) is 0 Å². The van der Waals surface area contributed by atoms with Gasteiger partial charge in [0.05, 0.1) is 28.8 Å². The van der Waals surface area contributed by atoms with Crippen LogP contribution in [0.5, 0.6) is 0 Å². The smallest absolute Gasteiger partial charge is 0.340 e. The molecule has 7 heteroatoms. The number of benzene rings is 1. The van der Waals surface area contributed by atoms with Crippen molar-refractivity contribution in [3.05, 3.63) is 23.8 Å². The number of anilines is 2. The molecule has 20 heavy (non-hydrogen) atoms. The highest BCUT2D eigenvalue weighted by Crippen LogP contribution is 2.26. The molecule has 0 aromatic heterocycles. The van der Waals surface area contributed by atoms with Gasteiger partial charge in [0.2, 0.25) is 0 Å². The number of carbonyl (C=O) groups is 1. The van der Waals surface area contributed by atoms with Gasteiger partial charge in [0, 0.05) is 12.8 Å². The van der Waals surface area contributed by atoms with E-state index in [-0.39, 0.29) is 12.1 Å². The summed E-state index contributed by atoms with van der Waals surface area (Å²) >= 11 is 0.